The van der Waals surface area contributed by atoms with E-state index >= 15 is 0 Å². The SMILES string of the molecule is O.O.O.O.O.O.O.O.O.O.O.O.O.O.O.O.O.O.O.O.O.O.O.O.O.[NaH].[NaH].[NaH].[NaH].[NaH].[NaH].[NaH].[NaH].[NaH].[NaH].[NaH].[NaH].[NaH].[NaH].[NaH]. The first-order chi connectivity index (χ1) is 0. The monoisotopic (exact) mass is 810 g/mol. The average Bonchev–Trinajstić information content (AvgIpc) is 0. The van der Waals surface area contributed by atoms with Gasteiger partial charge in [0.25, 0.3) is 0 Å². The summed E-state index contributed by atoms with van der Waals surface area (Å²) < 4.78 is 0. The summed E-state index contributed by atoms with van der Waals surface area (Å²) in [5.41, 5.74) is 0. The van der Waals surface area contributed by atoms with Crippen LogP contribution in [0.25, 0.3) is 0 Å². The number of hydrogen-bond acceptors (Lipinski definition) is 0. The van der Waals surface area contributed by atoms with Gasteiger partial charge in [0.15, 0.2) is 0 Å². The summed E-state index contributed by atoms with van der Waals surface area (Å²) in [5, 5.41) is 0. The topological polar surface area (TPSA) is 788 Å². The molecule has 0 atom stereocenters. The molecule has 25 nitrogen and oxygen atoms in total. The summed E-state index contributed by atoms with van der Waals surface area (Å²) in [6.07, 6.45) is 0. The molecule has 0 rings (SSSR count). The molecule has 0 unspecified atom stereocenters. The molecule has 0 spiro atoms. The van der Waals surface area contributed by atoms with Crippen molar-refractivity contribution < 1.29 is 137 Å². The van der Waals surface area contributed by atoms with Gasteiger partial charge in [-0.25, -0.2) is 0 Å². The molecule has 0 saturated heterocycles. The Morgan fingerprint density at radius 3 is 0.0500 bits per heavy atom. The van der Waals surface area contributed by atoms with E-state index in [0.717, 1.165) is 0 Å². The van der Waals surface area contributed by atoms with Crippen LogP contribution < -0.4 is 0 Å². The summed E-state index contributed by atoms with van der Waals surface area (Å²) in [5.74, 6) is 0. The van der Waals surface area contributed by atoms with Gasteiger partial charge in [-0.3, -0.25) is 0 Å². The molecule has 0 bridgehead atoms. The van der Waals surface area contributed by atoms with Gasteiger partial charge in [-0.1, -0.05) is 0 Å². The summed E-state index contributed by atoms with van der Waals surface area (Å²) in [4.78, 5) is 0. The van der Waals surface area contributed by atoms with Crippen LogP contribution in [-0.2, 0) is 0 Å². The van der Waals surface area contributed by atoms with Crippen LogP contribution in [0.15, 0.2) is 0 Å². The second-order valence-electron chi connectivity index (χ2n) is 0. The van der Waals surface area contributed by atoms with Crippen LogP contribution in [0.2, 0.25) is 0 Å². The molecule has 0 aliphatic carbocycles. The molecule has 0 aromatic heterocycles. The summed E-state index contributed by atoms with van der Waals surface area (Å²) in [6, 6.07) is 0. The van der Waals surface area contributed by atoms with Gasteiger partial charge >= 0.3 is 443 Å². The van der Waals surface area contributed by atoms with Gasteiger partial charge in [0.1, 0.15) is 0 Å². The molecular formula is H65Na15O25. The van der Waals surface area contributed by atoms with E-state index in [0.29, 0.717) is 0 Å². The zero-order valence-corrected chi connectivity index (χ0v) is 12.5. The first kappa shape index (κ1) is 774. The molecule has 50 N–H and O–H groups in total. The molecular weight excluding hydrogens is 745 g/mol. The fraction of sp³-hybridized carbons (Fsp3) is 0. The Labute approximate surface area is 565 Å². The van der Waals surface area contributed by atoms with E-state index in [1.807, 2.05) is 0 Å². The van der Waals surface area contributed by atoms with Crippen LogP contribution in [0.3, 0.4) is 0 Å². The fourth-order valence-corrected chi connectivity index (χ4v) is 0. The van der Waals surface area contributed by atoms with Crippen molar-refractivity contribution in [2.24, 2.45) is 0 Å². The van der Waals surface area contributed by atoms with Crippen molar-refractivity contribution in [1.82, 2.24) is 0 Å². The van der Waals surface area contributed by atoms with Gasteiger partial charge in [-0.15, -0.1) is 0 Å². The quantitative estimate of drug-likeness (QED) is 0.206. The standard InChI is InChI=1S/15Na.25H2O.15H/h;;;;;;;;;;;;;;;25*1H2;;;;;;;;;;;;;;;. The van der Waals surface area contributed by atoms with Crippen molar-refractivity contribution in [3.05, 3.63) is 0 Å². The Balaban J connectivity index is 0. The molecule has 0 aliphatic heterocycles. The van der Waals surface area contributed by atoms with Crippen LogP contribution in [0.4, 0.5) is 0 Å². The predicted octanol–water partition coefficient (Wildman–Crippen LogP) is -30.3. The van der Waals surface area contributed by atoms with Crippen molar-refractivity contribution >= 4 is 443 Å². The van der Waals surface area contributed by atoms with Crippen molar-refractivity contribution in [1.29, 1.82) is 0 Å². The van der Waals surface area contributed by atoms with E-state index in [2.05, 4.69) is 0 Å². The second kappa shape index (κ2) is 731. The van der Waals surface area contributed by atoms with Gasteiger partial charge in [-0.05, 0) is 0 Å². The van der Waals surface area contributed by atoms with Gasteiger partial charge in [0.05, 0.1) is 0 Å². The molecule has 0 radical (unpaired) electrons. The van der Waals surface area contributed by atoms with E-state index in [1.54, 1.807) is 0 Å². The maximum atomic E-state index is 0. The van der Waals surface area contributed by atoms with Crippen molar-refractivity contribution in [3.8, 4) is 0 Å². The molecule has 0 aromatic rings. The molecule has 0 amide bonds. The zero-order valence-electron chi connectivity index (χ0n) is 12.5. The van der Waals surface area contributed by atoms with Gasteiger partial charge in [0.2, 0.25) is 0 Å². The number of rotatable bonds is 0. The van der Waals surface area contributed by atoms with Crippen LogP contribution >= 0.6 is 0 Å². The Morgan fingerprint density at radius 1 is 0.0500 bits per heavy atom. The molecule has 0 saturated carbocycles. The molecule has 230 valence electrons. The molecule has 40 heavy (non-hydrogen) atoms. The number of hydrogen-bond donors (Lipinski definition) is 0. The molecule has 0 aliphatic rings. The minimum atomic E-state index is 0. The van der Waals surface area contributed by atoms with Crippen molar-refractivity contribution in [2.45, 2.75) is 0 Å². The molecule has 0 aromatic carbocycles. The Hall–Kier alpha value is 14.0. The van der Waals surface area contributed by atoms with E-state index in [4.69, 9.17) is 0 Å². The Bertz CT molecular complexity index is 38.2. The van der Waals surface area contributed by atoms with E-state index < -0.39 is 0 Å². The summed E-state index contributed by atoms with van der Waals surface area (Å²) >= 11 is 0. The average molecular weight is 810 g/mol. The van der Waals surface area contributed by atoms with Crippen LogP contribution in [0.5, 0.6) is 0 Å². The molecule has 40 heteroatoms. The van der Waals surface area contributed by atoms with E-state index in [1.165, 1.54) is 0 Å². The van der Waals surface area contributed by atoms with E-state index in [-0.39, 0.29) is 580 Å². The van der Waals surface area contributed by atoms with Gasteiger partial charge in [-0.2, -0.15) is 0 Å². The van der Waals surface area contributed by atoms with Crippen LogP contribution in [0, 0.1) is 0 Å². The molecule has 0 fully saturated rings. The van der Waals surface area contributed by atoms with Gasteiger partial charge < -0.3 is 137 Å². The Kier molecular flexibility index (Phi) is 14100. The van der Waals surface area contributed by atoms with Crippen LogP contribution in [-0.4, -0.2) is 580 Å². The van der Waals surface area contributed by atoms with Gasteiger partial charge in [0, 0.05) is 0 Å². The first-order valence-electron chi connectivity index (χ1n) is 0. The third-order valence-electron chi connectivity index (χ3n) is 0. The maximum absolute atomic E-state index is 0. The minimum absolute atomic E-state index is 0. The Morgan fingerprint density at radius 2 is 0.0500 bits per heavy atom. The fourth-order valence-electron chi connectivity index (χ4n) is 0. The van der Waals surface area contributed by atoms with Crippen molar-refractivity contribution in [3.63, 3.8) is 0 Å². The normalized spacial score (nSPS) is 0. The third-order valence-corrected chi connectivity index (χ3v) is 0. The summed E-state index contributed by atoms with van der Waals surface area (Å²) in [7, 11) is 0. The summed E-state index contributed by atoms with van der Waals surface area (Å²) in [6.45, 7) is 0. The van der Waals surface area contributed by atoms with Crippen LogP contribution in [0.1, 0.15) is 0 Å². The van der Waals surface area contributed by atoms with E-state index in [9.17, 15) is 0 Å². The third kappa shape index (κ3) is 690. The predicted molar refractivity (Wildman–Crippen MR) is 198 cm³/mol. The molecule has 0 heterocycles. The first-order valence-corrected chi connectivity index (χ1v) is 0. The second-order valence-corrected chi connectivity index (χ2v) is 0. The van der Waals surface area contributed by atoms with Crippen molar-refractivity contribution in [2.75, 3.05) is 0 Å². The zero-order chi connectivity index (χ0) is 0.